The van der Waals surface area contributed by atoms with Crippen molar-refractivity contribution in [2.75, 3.05) is 5.32 Å². The molecular formula is C13H10F3N3OS2. The number of rotatable bonds is 2. The lowest BCUT2D eigenvalue weighted by Gasteiger charge is -2.12. The maximum Gasteiger partial charge on any atom is 0.416 e. The molecule has 1 amide bonds. The molecule has 0 bridgehead atoms. The highest BCUT2D eigenvalue weighted by Crippen LogP contribution is 2.29. The third-order valence-electron chi connectivity index (χ3n) is 2.50. The highest BCUT2D eigenvalue weighted by molar-refractivity contribution is 7.80. The van der Waals surface area contributed by atoms with Crippen LogP contribution in [0.5, 0.6) is 0 Å². The Balaban J connectivity index is 1.86. The smallest absolute Gasteiger partial charge is 0.331 e. The summed E-state index contributed by atoms with van der Waals surface area (Å²) in [5.41, 5.74) is 4.47. The molecule has 9 heteroatoms. The molecule has 0 unspecified atom stereocenters. The average Bonchev–Trinajstić information content (AvgIpc) is 2.98. The standard InChI is InChI=1S/C13H10F3N3OS2/c14-13(15,16)8-3-5-9(6-4-8)17-12(21)19-18-11(20)10-2-1-7-22-10/h1-7H,(H,18,20)(H2,17,19,21). The van der Waals surface area contributed by atoms with Crippen molar-refractivity contribution in [1.82, 2.24) is 10.9 Å². The van der Waals surface area contributed by atoms with Crippen molar-refractivity contribution in [2.45, 2.75) is 6.18 Å². The van der Waals surface area contributed by atoms with Crippen LogP contribution in [0.1, 0.15) is 15.2 Å². The van der Waals surface area contributed by atoms with Crippen molar-refractivity contribution in [1.29, 1.82) is 0 Å². The molecule has 0 aliphatic carbocycles. The molecule has 1 aromatic heterocycles. The Morgan fingerprint density at radius 1 is 1.09 bits per heavy atom. The van der Waals surface area contributed by atoms with E-state index in [0.717, 1.165) is 12.1 Å². The van der Waals surface area contributed by atoms with E-state index >= 15 is 0 Å². The van der Waals surface area contributed by atoms with Gasteiger partial charge in [-0.15, -0.1) is 11.3 Å². The molecule has 0 spiro atoms. The van der Waals surface area contributed by atoms with Gasteiger partial charge in [0.25, 0.3) is 5.91 Å². The fraction of sp³-hybridized carbons (Fsp3) is 0.0769. The normalized spacial score (nSPS) is 10.9. The summed E-state index contributed by atoms with van der Waals surface area (Å²) in [4.78, 5) is 12.1. The first-order valence-electron chi connectivity index (χ1n) is 5.94. The van der Waals surface area contributed by atoms with Crippen LogP contribution in [0, 0.1) is 0 Å². The number of thiocarbonyl (C=S) groups is 1. The zero-order valence-electron chi connectivity index (χ0n) is 10.9. The zero-order valence-corrected chi connectivity index (χ0v) is 12.5. The van der Waals surface area contributed by atoms with Gasteiger partial charge in [-0.25, -0.2) is 0 Å². The molecule has 0 atom stereocenters. The topological polar surface area (TPSA) is 53.2 Å². The van der Waals surface area contributed by atoms with Gasteiger partial charge in [0, 0.05) is 5.69 Å². The van der Waals surface area contributed by atoms with Gasteiger partial charge in [0.2, 0.25) is 0 Å². The van der Waals surface area contributed by atoms with E-state index in [1.807, 2.05) is 0 Å². The third kappa shape index (κ3) is 4.43. The first-order chi connectivity index (χ1) is 10.4. The number of thiophene rings is 1. The Hall–Kier alpha value is -2.13. The molecule has 2 aromatic rings. The number of anilines is 1. The average molecular weight is 345 g/mol. The van der Waals surface area contributed by atoms with Crippen molar-refractivity contribution < 1.29 is 18.0 Å². The SMILES string of the molecule is O=C(NNC(=S)Nc1ccc(C(F)(F)F)cc1)c1cccs1. The predicted octanol–water partition coefficient (Wildman–Crippen LogP) is 3.40. The summed E-state index contributed by atoms with van der Waals surface area (Å²) in [6.07, 6.45) is -4.38. The van der Waals surface area contributed by atoms with E-state index in [2.05, 4.69) is 16.2 Å². The summed E-state index contributed by atoms with van der Waals surface area (Å²) >= 11 is 6.20. The van der Waals surface area contributed by atoms with Crippen LogP contribution < -0.4 is 16.2 Å². The number of carbonyl (C=O) groups is 1. The molecule has 2 rings (SSSR count). The van der Waals surface area contributed by atoms with Gasteiger partial charge in [-0.1, -0.05) is 6.07 Å². The van der Waals surface area contributed by atoms with Gasteiger partial charge in [0.05, 0.1) is 10.4 Å². The minimum atomic E-state index is -4.38. The van der Waals surface area contributed by atoms with Crippen molar-refractivity contribution >= 4 is 40.3 Å². The van der Waals surface area contributed by atoms with Gasteiger partial charge in [-0.2, -0.15) is 13.2 Å². The molecule has 0 saturated carbocycles. The largest absolute Gasteiger partial charge is 0.416 e. The van der Waals surface area contributed by atoms with Gasteiger partial charge in [-0.05, 0) is 47.9 Å². The monoisotopic (exact) mass is 345 g/mol. The number of carbonyl (C=O) groups excluding carboxylic acids is 1. The molecule has 0 saturated heterocycles. The second-order valence-corrected chi connectivity index (χ2v) is 5.44. The molecule has 0 fully saturated rings. The summed E-state index contributed by atoms with van der Waals surface area (Å²) in [5, 5.41) is 4.48. The van der Waals surface area contributed by atoms with E-state index in [9.17, 15) is 18.0 Å². The summed E-state index contributed by atoms with van der Waals surface area (Å²) in [5.74, 6) is -0.355. The number of hydrazine groups is 1. The minimum absolute atomic E-state index is 0.0599. The molecule has 0 aliphatic heterocycles. The molecule has 116 valence electrons. The van der Waals surface area contributed by atoms with Crippen LogP contribution >= 0.6 is 23.6 Å². The van der Waals surface area contributed by atoms with Crippen molar-refractivity contribution in [2.24, 2.45) is 0 Å². The van der Waals surface area contributed by atoms with Crippen molar-refractivity contribution in [3.8, 4) is 0 Å². The van der Waals surface area contributed by atoms with Crippen LogP contribution in [0.4, 0.5) is 18.9 Å². The maximum atomic E-state index is 12.4. The molecular weight excluding hydrogens is 335 g/mol. The Labute approximate surface area is 133 Å². The number of benzene rings is 1. The van der Waals surface area contributed by atoms with Crippen LogP contribution in [-0.4, -0.2) is 11.0 Å². The van der Waals surface area contributed by atoms with Gasteiger partial charge in [-0.3, -0.25) is 15.6 Å². The van der Waals surface area contributed by atoms with E-state index < -0.39 is 11.7 Å². The highest BCUT2D eigenvalue weighted by atomic mass is 32.1. The summed E-state index contributed by atoms with van der Waals surface area (Å²) in [7, 11) is 0. The second-order valence-electron chi connectivity index (χ2n) is 4.09. The summed E-state index contributed by atoms with van der Waals surface area (Å²) in [6.45, 7) is 0. The number of hydrogen-bond donors (Lipinski definition) is 3. The number of hydrogen-bond acceptors (Lipinski definition) is 3. The van der Waals surface area contributed by atoms with E-state index in [1.54, 1.807) is 17.5 Å². The Bertz CT molecular complexity index is 654. The van der Waals surface area contributed by atoms with Gasteiger partial charge in [0.15, 0.2) is 5.11 Å². The van der Waals surface area contributed by atoms with E-state index in [4.69, 9.17) is 12.2 Å². The fourth-order valence-corrected chi connectivity index (χ4v) is 2.28. The van der Waals surface area contributed by atoms with Crippen molar-refractivity contribution in [3.05, 3.63) is 52.2 Å². The Kier molecular flexibility index (Phi) is 4.99. The lowest BCUT2D eigenvalue weighted by molar-refractivity contribution is -0.137. The Morgan fingerprint density at radius 3 is 2.32 bits per heavy atom. The molecule has 1 aromatic carbocycles. The molecule has 0 aliphatic rings. The first-order valence-corrected chi connectivity index (χ1v) is 7.23. The van der Waals surface area contributed by atoms with E-state index in [-0.39, 0.29) is 11.0 Å². The zero-order chi connectivity index (χ0) is 16.2. The molecule has 22 heavy (non-hydrogen) atoms. The van der Waals surface area contributed by atoms with Crippen LogP contribution in [0.3, 0.4) is 0 Å². The summed E-state index contributed by atoms with van der Waals surface area (Å²) in [6, 6.07) is 7.76. The third-order valence-corrected chi connectivity index (χ3v) is 3.58. The van der Waals surface area contributed by atoms with Gasteiger partial charge in [0.1, 0.15) is 0 Å². The molecule has 3 N–H and O–H groups in total. The Morgan fingerprint density at radius 2 is 1.77 bits per heavy atom. The number of nitrogens with one attached hydrogen (secondary N) is 3. The maximum absolute atomic E-state index is 12.4. The minimum Gasteiger partial charge on any atom is -0.331 e. The lowest BCUT2D eigenvalue weighted by Crippen LogP contribution is -2.43. The molecule has 4 nitrogen and oxygen atoms in total. The molecule has 0 radical (unpaired) electrons. The number of amides is 1. The van der Waals surface area contributed by atoms with Crippen LogP contribution in [-0.2, 0) is 6.18 Å². The second kappa shape index (κ2) is 6.75. The summed E-state index contributed by atoms with van der Waals surface area (Å²) < 4.78 is 37.3. The first kappa shape index (κ1) is 16.2. The fourth-order valence-electron chi connectivity index (χ4n) is 1.49. The van der Waals surface area contributed by atoms with Crippen LogP contribution in [0.25, 0.3) is 0 Å². The highest BCUT2D eigenvalue weighted by Gasteiger charge is 2.29. The van der Waals surface area contributed by atoms with Crippen LogP contribution in [0.2, 0.25) is 0 Å². The quantitative estimate of drug-likeness (QED) is 0.577. The number of halogens is 3. The van der Waals surface area contributed by atoms with Gasteiger partial charge < -0.3 is 5.32 Å². The van der Waals surface area contributed by atoms with E-state index in [0.29, 0.717) is 10.6 Å². The van der Waals surface area contributed by atoms with Crippen LogP contribution in [0.15, 0.2) is 41.8 Å². The molecule has 1 heterocycles. The predicted molar refractivity (Wildman–Crippen MR) is 82.6 cm³/mol. The van der Waals surface area contributed by atoms with E-state index in [1.165, 1.54) is 23.5 Å². The number of alkyl halides is 3. The lowest BCUT2D eigenvalue weighted by atomic mass is 10.2. The van der Waals surface area contributed by atoms with Crippen molar-refractivity contribution in [3.63, 3.8) is 0 Å². The van der Waals surface area contributed by atoms with Gasteiger partial charge >= 0.3 is 6.18 Å².